The topological polar surface area (TPSA) is 65.0 Å². The number of ketones is 1. The Morgan fingerprint density at radius 3 is 3.04 bits per heavy atom. The molecule has 2 aromatic rings. The van der Waals surface area contributed by atoms with Crippen LogP contribution in [-0.4, -0.2) is 31.8 Å². The van der Waals surface area contributed by atoms with Crippen molar-refractivity contribution in [1.82, 2.24) is 0 Å². The third-order valence-corrected chi connectivity index (χ3v) is 3.72. The van der Waals surface area contributed by atoms with Crippen molar-refractivity contribution in [2.45, 2.75) is 6.61 Å². The largest absolute Gasteiger partial charge is 0.491 e. The van der Waals surface area contributed by atoms with E-state index in [1.54, 1.807) is 30.3 Å². The number of carbonyl (C=O) groups excluding carboxylic acids is 1. The molecule has 0 bridgehead atoms. The van der Waals surface area contributed by atoms with E-state index in [1.165, 1.54) is 13.2 Å². The molecule has 6 heteroatoms. The lowest BCUT2D eigenvalue weighted by molar-refractivity contribution is 0.0510. The molecule has 0 spiro atoms. The van der Waals surface area contributed by atoms with Crippen LogP contribution in [0, 0.1) is 0 Å². The van der Waals surface area contributed by atoms with Crippen LogP contribution in [0.15, 0.2) is 48.5 Å². The van der Waals surface area contributed by atoms with Crippen molar-refractivity contribution in [3.8, 4) is 5.75 Å². The van der Waals surface area contributed by atoms with Crippen molar-refractivity contribution in [1.29, 1.82) is 0 Å². The molecule has 0 fully saturated rings. The second-order valence-corrected chi connectivity index (χ2v) is 5.40. The Morgan fingerprint density at radius 2 is 2.21 bits per heavy atom. The molecule has 0 saturated heterocycles. The summed E-state index contributed by atoms with van der Waals surface area (Å²) in [6.07, 6.45) is 3.22. The van der Waals surface area contributed by atoms with E-state index in [0.717, 1.165) is 16.6 Å². The lowest BCUT2D eigenvalue weighted by atomic mass is 9.79. The molecule has 122 valence electrons. The zero-order valence-corrected chi connectivity index (χ0v) is 13.3. The lowest BCUT2D eigenvalue weighted by Gasteiger charge is -2.05. The van der Waals surface area contributed by atoms with Crippen LogP contribution in [0.1, 0.15) is 21.5 Å². The molecule has 1 heterocycles. The normalized spacial score (nSPS) is 13.3. The summed E-state index contributed by atoms with van der Waals surface area (Å²) < 4.78 is 15.3. The molecule has 24 heavy (non-hydrogen) atoms. The van der Waals surface area contributed by atoms with Crippen LogP contribution in [0.25, 0.3) is 6.08 Å². The molecular weight excluding hydrogens is 307 g/mol. The van der Waals surface area contributed by atoms with Crippen molar-refractivity contribution < 1.29 is 23.9 Å². The summed E-state index contributed by atoms with van der Waals surface area (Å²) in [6.45, 7) is 0.542. The van der Waals surface area contributed by atoms with Gasteiger partial charge >= 0.3 is 7.12 Å². The molecule has 3 rings (SSSR count). The number of hydrogen-bond acceptors (Lipinski definition) is 5. The standard InChI is InChI=1S/C18H17BO5/c1-22-12-23-16-4-2-3-14(10-16)18(20)8-6-13-5-7-15-11-24-19(21)17(15)9-13/h2-10,21H,11-12H2,1H3/b8-6+. The zero-order valence-electron chi connectivity index (χ0n) is 13.3. The quantitative estimate of drug-likeness (QED) is 0.380. The van der Waals surface area contributed by atoms with E-state index in [0.29, 0.717) is 17.9 Å². The summed E-state index contributed by atoms with van der Waals surface area (Å²) in [5.41, 5.74) is 3.08. The lowest BCUT2D eigenvalue weighted by Crippen LogP contribution is -2.28. The number of rotatable bonds is 6. The Bertz CT molecular complexity index is 772. The second kappa shape index (κ2) is 7.44. The molecule has 0 aliphatic carbocycles. The van der Waals surface area contributed by atoms with Gasteiger partial charge in [-0.25, -0.2) is 0 Å². The molecule has 0 saturated carbocycles. The van der Waals surface area contributed by atoms with Gasteiger partial charge in [-0.05, 0) is 34.8 Å². The fourth-order valence-electron chi connectivity index (χ4n) is 2.47. The minimum absolute atomic E-state index is 0.129. The highest BCUT2D eigenvalue weighted by atomic mass is 16.7. The minimum Gasteiger partial charge on any atom is -0.468 e. The van der Waals surface area contributed by atoms with Gasteiger partial charge in [0.2, 0.25) is 0 Å². The number of fused-ring (bicyclic) bond motifs is 1. The highest BCUT2D eigenvalue weighted by molar-refractivity contribution is 6.61. The molecule has 0 aromatic heterocycles. The van der Waals surface area contributed by atoms with Crippen LogP contribution in [-0.2, 0) is 16.0 Å². The summed E-state index contributed by atoms with van der Waals surface area (Å²) in [7, 11) is 0.648. The van der Waals surface area contributed by atoms with Crippen LogP contribution in [0.2, 0.25) is 0 Å². The van der Waals surface area contributed by atoms with Crippen LogP contribution >= 0.6 is 0 Å². The average Bonchev–Trinajstić information content (AvgIpc) is 2.99. The van der Waals surface area contributed by atoms with Crippen molar-refractivity contribution >= 4 is 24.4 Å². The van der Waals surface area contributed by atoms with Crippen molar-refractivity contribution in [2.75, 3.05) is 13.9 Å². The van der Waals surface area contributed by atoms with Gasteiger partial charge in [0, 0.05) is 12.7 Å². The molecule has 1 N–H and O–H groups in total. The summed E-state index contributed by atoms with van der Waals surface area (Å²) in [5.74, 6) is 0.448. The molecule has 0 amide bonds. The predicted octanol–water partition coefficient (Wildman–Crippen LogP) is 1.78. The van der Waals surface area contributed by atoms with Gasteiger partial charge in [-0.2, -0.15) is 0 Å². The van der Waals surface area contributed by atoms with Crippen molar-refractivity contribution in [3.63, 3.8) is 0 Å². The maximum atomic E-state index is 12.3. The Kier molecular flexibility index (Phi) is 5.10. The number of carbonyl (C=O) groups is 1. The van der Waals surface area contributed by atoms with E-state index in [-0.39, 0.29) is 12.6 Å². The fraction of sp³-hybridized carbons (Fsp3) is 0.167. The number of ether oxygens (including phenoxy) is 2. The monoisotopic (exact) mass is 324 g/mol. The first-order valence-corrected chi connectivity index (χ1v) is 7.54. The van der Waals surface area contributed by atoms with E-state index in [2.05, 4.69) is 0 Å². The summed E-state index contributed by atoms with van der Waals surface area (Å²) >= 11 is 0. The highest BCUT2D eigenvalue weighted by Gasteiger charge is 2.26. The summed E-state index contributed by atoms with van der Waals surface area (Å²) in [4.78, 5) is 12.3. The first-order chi connectivity index (χ1) is 11.7. The van der Waals surface area contributed by atoms with E-state index in [1.807, 2.05) is 18.2 Å². The van der Waals surface area contributed by atoms with Crippen LogP contribution in [0.4, 0.5) is 0 Å². The van der Waals surface area contributed by atoms with Crippen LogP contribution < -0.4 is 10.2 Å². The highest BCUT2D eigenvalue weighted by Crippen LogP contribution is 2.16. The maximum absolute atomic E-state index is 12.3. The third-order valence-electron chi connectivity index (χ3n) is 3.72. The van der Waals surface area contributed by atoms with Gasteiger partial charge in [0.05, 0.1) is 6.61 Å². The Balaban J connectivity index is 1.73. The van der Waals surface area contributed by atoms with Gasteiger partial charge in [-0.3, -0.25) is 4.79 Å². The average molecular weight is 324 g/mol. The van der Waals surface area contributed by atoms with Gasteiger partial charge in [-0.15, -0.1) is 0 Å². The van der Waals surface area contributed by atoms with E-state index < -0.39 is 7.12 Å². The van der Waals surface area contributed by atoms with E-state index in [4.69, 9.17) is 14.1 Å². The van der Waals surface area contributed by atoms with Crippen LogP contribution in [0.5, 0.6) is 5.75 Å². The smallest absolute Gasteiger partial charge is 0.468 e. The number of allylic oxidation sites excluding steroid dienone is 1. The predicted molar refractivity (Wildman–Crippen MR) is 91.1 cm³/mol. The molecule has 1 aliphatic rings. The number of benzene rings is 2. The third kappa shape index (κ3) is 3.73. The molecular formula is C18H17BO5. The second-order valence-electron chi connectivity index (χ2n) is 5.40. The molecule has 1 aliphatic heterocycles. The SMILES string of the molecule is COCOc1cccc(C(=O)/C=C/c2ccc3c(c2)B(O)OC3)c1. The zero-order chi connectivity index (χ0) is 16.9. The van der Waals surface area contributed by atoms with Crippen molar-refractivity contribution in [2.24, 2.45) is 0 Å². The fourth-order valence-corrected chi connectivity index (χ4v) is 2.47. The molecule has 0 radical (unpaired) electrons. The van der Waals surface area contributed by atoms with Crippen molar-refractivity contribution in [3.05, 3.63) is 65.2 Å². The Morgan fingerprint density at radius 1 is 1.33 bits per heavy atom. The van der Waals surface area contributed by atoms with Gasteiger partial charge in [0.1, 0.15) is 5.75 Å². The number of hydrogen-bond donors (Lipinski definition) is 1. The minimum atomic E-state index is -0.890. The van der Waals surface area contributed by atoms with E-state index in [9.17, 15) is 9.82 Å². The van der Waals surface area contributed by atoms with Gasteiger partial charge in [-0.1, -0.05) is 36.4 Å². The molecule has 2 aromatic carbocycles. The number of methoxy groups -OCH3 is 1. The molecule has 5 nitrogen and oxygen atoms in total. The first kappa shape index (κ1) is 16.5. The Hall–Kier alpha value is -2.41. The van der Waals surface area contributed by atoms with Gasteiger partial charge in [0.25, 0.3) is 0 Å². The molecule has 0 atom stereocenters. The van der Waals surface area contributed by atoms with Gasteiger partial charge < -0.3 is 19.2 Å². The summed E-state index contributed by atoms with van der Waals surface area (Å²) in [6, 6.07) is 12.5. The van der Waals surface area contributed by atoms with Crippen LogP contribution in [0.3, 0.4) is 0 Å². The van der Waals surface area contributed by atoms with E-state index >= 15 is 0 Å². The first-order valence-electron chi connectivity index (χ1n) is 7.54. The maximum Gasteiger partial charge on any atom is 0.491 e. The van der Waals surface area contributed by atoms with Gasteiger partial charge in [0.15, 0.2) is 12.6 Å². The molecule has 0 unspecified atom stereocenters. The summed E-state index contributed by atoms with van der Waals surface area (Å²) in [5, 5.41) is 9.73. The Labute approximate surface area is 140 Å².